The van der Waals surface area contributed by atoms with Gasteiger partial charge in [-0.25, -0.2) is 9.38 Å². The van der Waals surface area contributed by atoms with Gasteiger partial charge in [0, 0.05) is 6.08 Å². The third-order valence-corrected chi connectivity index (χ3v) is 6.22. The molecule has 0 aliphatic rings. The lowest BCUT2D eigenvalue weighted by Crippen LogP contribution is -2.22. The molecule has 0 aliphatic carbocycles. The van der Waals surface area contributed by atoms with Crippen molar-refractivity contribution in [3.05, 3.63) is 84.4 Å². The Kier molecular flexibility index (Phi) is 4.56. The highest BCUT2D eigenvalue weighted by Gasteiger charge is 2.19. The maximum absolute atomic E-state index is 13.1. The van der Waals surface area contributed by atoms with Crippen LogP contribution >= 0.6 is 11.3 Å². The first kappa shape index (κ1) is 20.0. The summed E-state index contributed by atoms with van der Waals surface area (Å²) in [6.45, 7) is 3.96. The predicted octanol–water partition coefficient (Wildman–Crippen LogP) is 4.25. The van der Waals surface area contributed by atoms with Crippen LogP contribution in [0.3, 0.4) is 0 Å². The highest BCUT2D eigenvalue weighted by molar-refractivity contribution is 7.15. The van der Waals surface area contributed by atoms with Crippen molar-refractivity contribution in [1.29, 1.82) is 0 Å². The summed E-state index contributed by atoms with van der Waals surface area (Å²) < 4.78 is 13.0. The minimum atomic E-state index is -0.483. The molecule has 3 aromatic heterocycles. The van der Waals surface area contributed by atoms with Gasteiger partial charge in [-0.1, -0.05) is 17.4 Å². The smallest absolute Gasteiger partial charge is 0.284 e. The second kappa shape index (κ2) is 7.31. The molecular weight excluding hydrogens is 430 g/mol. The molecule has 0 aliphatic heterocycles. The Hall–Kier alpha value is -3.98. The summed E-state index contributed by atoms with van der Waals surface area (Å²) in [4.78, 5) is 29.3. The number of rotatable bonds is 4. The van der Waals surface area contributed by atoms with Crippen LogP contribution in [0.25, 0.3) is 33.4 Å². The van der Waals surface area contributed by atoms with E-state index in [0.29, 0.717) is 32.3 Å². The quantitative estimate of drug-likeness (QED) is 0.302. The zero-order valence-electron chi connectivity index (χ0n) is 17.4. The molecule has 0 atom stereocenters. The molecule has 0 saturated carbocycles. The number of hydrogen-bond donors (Lipinski definition) is 0. The summed E-state index contributed by atoms with van der Waals surface area (Å²) in [5.41, 5.74) is 3.72. The Morgan fingerprint density at radius 1 is 1.19 bits per heavy atom. The molecule has 0 fully saturated rings. The van der Waals surface area contributed by atoms with Gasteiger partial charge in [-0.15, -0.1) is 0 Å². The average Bonchev–Trinajstić information content (AvgIpc) is 3.44. The maximum Gasteiger partial charge on any atom is 0.284 e. The van der Waals surface area contributed by atoms with E-state index in [1.807, 2.05) is 26.0 Å². The van der Waals surface area contributed by atoms with Crippen molar-refractivity contribution in [2.75, 3.05) is 7.11 Å². The third-order valence-electron chi connectivity index (χ3n) is 5.25. The number of nitro groups is 1. The largest absolute Gasteiger partial charge is 0.497 e. The fourth-order valence-electron chi connectivity index (χ4n) is 3.81. The Morgan fingerprint density at radius 3 is 2.75 bits per heavy atom. The van der Waals surface area contributed by atoms with Gasteiger partial charge in [0.2, 0.25) is 0 Å². The van der Waals surface area contributed by atoms with E-state index in [9.17, 15) is 14.9 Å². The zero-order valence-corrected chi connectivity index (χ0v) is 18.2. The number of ether oxygens (including phenoxy) is 1. The van der Waals surface area contributed by atoms with E-state index in [2.05, 4.69) is 4.98 Å². The lowest BCUT2D eigenvalue weighted by Gasteiger charge is -2.03. The third kappa shape index (κ3) is 3.14. The normalized spacial score (nSPS) is 12.2. The van der Waals surface area contributed by atoms with E-state index in [0.717, 1.165) is 22.2 Å². The number of benzene rings is 2. The SMILES string of the molecule is COc1ccc(-c2ccc(C=c3sc4nc5c(C)cc(C)cc5n4c3=O)o2)c([N+](=O)[O-])c1. The molecule has 9 heteroatoms. The molecule has 0 N–H and O–H groups in total. The molecule has 5 aromatic rings. The van der Waals surface area contributed by atoms with Crippen molar-refractivity contribution in [3.8, 4) is 17.1 Å². The fourth-order valence-corrected chi connectivity index (χ4v) is 4.77. The van der Waals surface area contributed by atoms with Gasteiger partial charge in [0.05, 0.1) is 34.7 Å². The van der Waals surface area contributed by atoms with E-state index in [-0.39, 0.29) is 11.2 Å². The average molecular weight is 447 g/mol. The van der Waals surface area contributed by atoms with Crippen LogP contribution < -0.4 is 14.8 Å². The molecule has 0 bridgehead atoms. The molecule has 0 radical (unpaired) electrons. The number of methoxy groups -OCH3 is 1. The van der Waals surface area contributed by atoms with Crippen molar-refractivity contribution in [2.45, 2.75) is 13.8 Å². The monoisotopic (exact) mass is 447 g/mol. The number of imidazole rings is 1. The second-order valence-corrected chi connectivity index (χ2v) is 8.45. The summed E-state index contributed by atoms with van der Waals surface area (Å²) in [5.74, 6) is 1.13. The lowest BCUT2D eigenvalue weighted by molar-refractivity contribution is -0.384. The molecule has 0 unspecified atom stereocenters. The number of aryl methyl sites for hydroxylation is 2. The van der Waals surface area contributed by atoms with E-state index in [1.165, 1.54) is 24.5 Å². The van der Waals surface area contributed by atoms with Crippen molar-refractivity contribution < 1.29 is 14.1 Å². The lowest BCUT2D eigenvalue weighted by atomic mass is 10.1. The zero-order chi connectivity index (χ0) is 22.6. The van der Waals surface area contributed by atoms with E-state index < -0.39 is 4.92 Å². The molecule has 8 nitrogen and oxygen atoms in total. The van der Waals surface area contributed by atoms with Gasteiger partial charge in [-0.05, 0) is 55.3 Å². The Bertz CT molecular complexity index is 1640. The molecule has 3 heterocycles. The highest BCUT2D eigenvalue weighted by atomic mass is 32.1. The molecule has 5 rings (SSSR count). The number of thiazole rings is 1. The number of furan rings is 1. The second-order valence-electron chi connectivity index (χ2n) is 7.44. The maximum atomic E-state index is 13.1. The number of nitrogens with zero attached hydrogens (tertiary/aromatic N) is 3. The van der Waals surface area contributed by atoms with Gasteiger partial charge >= 0.3 is 0 Å². The van der Waals surface area contributed by atoms with Crippen molar-refractivity contribution in [1.82, 2.24) is 9.38 Å². The van der Waals surface area contributed by atoms with Gasteiger partial charge in [-0.3, -0.25) is 14.9 Å². The molecule has 0 spiro atoms. The van der Waals surface area contributed by atoms with Crippen molar-refractivity contribution >= 4 is 39.1 Å². The van der Waals surface area contributed by atoms with E-state index >= 15 is 0 Å². The Labute approximate surface area is 185 Å². The molecule has 32 heavy (non-hydrogen) atoms. The minimum absolute atomic E-state index is 0.124. The first-order valence-electron chi connectivity index (χ1n) is 9.72. The van der Waals surface area contributed by atoms with Gasteiger partial charge in [0.1, 0.15) is 21.8 Å². The van der Waals surface area contributed by atoms with Crippen LogP contribution in [0.4, 0.5) is 5.69 Å². The van der Waals surface area contributed by atoms with E-state index in [1.54, 1.807) is 34.7 Å². The first-order chi connectivity index (χ1) is 15.4. The van der Waals surface area contributed by atoms with Crippen LogP contribution in [0.2, 0.25) is 0 Å². The first-order valence-corrected chi connectivity index (χ1v) is 10.5. The van der Waals surface area contributed by atoms with Gasteiger partial charge < -0.3 is 9.15 Å². The Morgan fingerprint density at radius 2 is 2.00 bits per heavy atom. The number of nitro benzene ring substituents is 1. The van der Waals surface area contributed by atoms with Gasteiger partial charge in [-0.2, -0.15) is 0 Å². The van der Waals surface area contributed by atoms with Crippen LogP contribution in [-0.4, -0.2) is 21.4 Å². The molecule has 2 aromatic carbocycles. The fraction of sp³-hybridized carbons (Fsp3) is 0.130. The number of hydrogen-bond acceptors (Lipinski definition) is 7. The topological polar surface area (TPSA) is 99.9 Å². The molecule has 0 saturated heterocycles. The van der Waals surface area contributed by atoms with Crippen molar-refractivity contribution in [3.63, 3.8) is 0 Å². The molecule has 160 valence electrons. The number of fused-ring (bicyclic) bond motifs is 3. The predicted molar refractivity (Wildman–Crippen MR) is 122 cm³/mol. The van der Waals surface area contributed by atoms with Crippen LogP contribution in [0.5, 0.6) is 5.75 Å². The summed E-state index contributed by atoms with van der Waals surface area (Å²) >= 11 is 1.28. The van der Waals surface area contributed by atoms with E-state index in [4.69, 9.17) is 9.15 Å². The van der Waals surface area contributed by atoms with Crippen LogP contribution in [0.15, 0.2) is 51.7 Å². The Balaban J connectivity index is 1.62. The summed E-state index contributed by atoms with van der Waals surface area (Å²) in [6.07, 6.45) is 1.63. The molecule has 0 amide bonds. The van der Waals surface area contributed by atoms with Gasteiger partial charge in [0.15, 0.2) is 4.96 Å². The molecular formula is C23H17N3O5S. The van der Waals surface area contributed by atoms with Crippen molar-refractivity contribution in [2.24, 2.45) is 0 Å². The van der Waals surface area contributed by atoms with Gasteiger partial charge in [0.25, 0.3) is 11.2 Å². The van der Waals surface area contributed by atoms with Crippen LogP contribution in [-0.2, 0) is 0 Å². The van der Waals surface area contributed by atoms with Crippen LogP contribution in [0.1, 0.15) is 16.9 Å². The summed E-state index contributed by atoms with van der Waals surface area (Å²) in [5, 5.41) is 11.5. The standard InChI is InChI=1S/C23H17N3O5S/c1-12-8-13(2)21-18(9-12)25-22(27)20(32-23(25)24-21)11-15-5-7-19(31-15)16-6-4-14(30-3)10-17(16)26(28)29/h4-11H,1-3H3. The summed E-state index contributed by atoms with van der Waals surface area (Å²) in [6, 6.07) is 11.9. The highest BCUT2D eigenvalue weighted by Crippen LogP contribution is 2.34. The number of aromatic nitrogens is 2. The van der Waals surface area contributed by atoms with Crippen LogP contribution in [0, 0.1) is 24.0 Å². The summed E-state index contributed by atoms with van der Waals surface area (Å²) in [7, 11) is 1.45. The minimum Gasteiger partial charge on any atom is -0.497 e.